The van der Waals surface area contributed by atoms with E-state index in [2.05, 4.69) is 0 Å². The molecule has 0 heterocycles. The van der Waals surface area contributed by atoms with Crippen LogP contribution in [-0.4, -0.2) is 18.5 Å². The number of ketones is 1. The Morgan fingerprint density at radius 1 is 1.22 bits per heavy atom. The minimum absolute atomic E-state index is 0.00844. The van der Waals surface area contributed by atoms with Gasteiger partial charge in [-0.1, -0.05) is 0 Å². The van der Waals surface area contributed by atoms with Gasteiger partial charge in [0.15, 0.2) is 17.4 Å². The van der Waals surface area contributed by atoms with Crippen molar-refractivity contribution in [1.82, 2.24) is 0 Å². The first kappa shape index (κ1) is 13.1. The maximum atomic E-state index is 13.4. The van der Waals surface area contributed by atoms with Crippen molar-refractivity contribution in [2.24, 2.45) is 0 Å². The molecule has 0 spiro atoms. The predicted octanol–water partition coefficient (Wildman–Crippen LogP) is 3.25. The van der Waals surface area contributed by atoms with Crippen molar-refractivity contribution >= 4 is 5.78 Å². The second kappa shape index (κ2) is 4.72. The number of ether oxygens (including phenoxy) is 1. The van der Waals surface area contributed by atoms with Crippen LogP contribution in [0.2, 0.25) is 0 Å². The summed E-state index contributed by atoms with van der Waals surface area (Å²) < 4.78 is 44.4. The molecule has 98 valence electrons. The molecule has 1 fully saturated rings. The van der Waals surface area contributed by atoms with Crippen molar-refractivity contribution in [1.29, 1.82) is 0 Å². The quantitative estimate of drug-likeness (QED) is 0.612. The topological polar surface area (TPSA) is 26.3 Å². The Balaban J connectivity index is 2.21. The SMILES string of the molecule is COC1(CC(=O)c2cc(F)c(F)cc2F)CCC1. The van der Waals surface area contributed by atoms with Crippen LogP contribution in [0.15, 0.2) is 12.1 Å². The monoisotopic (exact) mass is 258 g/mol. The van der Waals surface area contributed by atoms with Crippen LogP contribution in [0.5, 0.6) is 0 Å². The highest BCUT2D eigenvalue weighted by molar-refractivity contribution is 5.97. The van der Waals surface area contributed by atoms with Gasteiger partial charge >= 0.3 is 0 Å². The fourth-order valence-electron chi connectivity index (χ4n) is 2.15. The molecule has 0 atom stereocenters. The number of methoxy groups -OCH3 is 1. The lowest BCUT2D eigenvalue weighted by Crippen LogP contribution is -2.41. The van der Waals surface area contributed by atoms with Crippen LogP contribution < -0.4 is 0 Å². The summed E-state index contributed by atoms with van der Waals surface area (Å²) in [5.41, 5.74) is -0.980. The molecule has 0 radical (unpaired) electrons. The van der Waals surface area contributed by atoms with Crippen LogP contribution in [0, 0.1) is 17.5 Å². The van der Waals surface area contributed by atoms with Crippen LogP contribution in [-0.2, 0) is 4.74 Å². The molecule has 0 unspecified atom stereocenters. The second-order valence-corrected chi connectivity index (χ2v) is 4.59. The number of rotatable bonds is 4. The highest BCUT2D eigenvalue weighted by atomic mass is 19.2. The average molecular weight is 258 g/mol. The zero-order valence-corrected chi connectivity index (χ0v) is 9.93. The number of benzene rings is 1. The average Bonchev–Trinajstić information content (AvgIpc) is 2.28. The summed E-state index contributed by atoms with van der Waals surface area (Å²) in [6.45, 7) is 0. The maximum Gasteiger partial charge on any atom is 0.168 e. The van der Waals surface area contributed by atoms with Gasteiger partial charge < -0.3 is 4.74 Å². The third kappa shape index (κ3) is 2.27. The molecule has 1 saturated carbocycles. The van der Waals surface area contributed by atoms with E-state index < -0.39 is 34.4 Å². The molecule has 18 heavy (non-hydrogen) atoms. The van der Waals surface area contributed by atoms with Gasteiger partial charge in [-0.2, -0.15) is 0 Å². The molecule has 2 rings (SSSR count). The number of carbonyl (C=O) groups is 1. The van der Waals surface area contributed by atoms with Crippen molar-refractivity contribution < 1.29 is 22.7 Å². The van der Waals surface area contributed by atoms with Crippen LogP contribution in [0.1, 0.15) is 36.0 Å². The van der Waals surface area contributed by atoms with E-state index in [-0.39, 0.29) is 6.42 Å². The molecule has 5 heteroatoms. The van der Waals surface area contributed by atoms with Gasteiger partial charge in [-0.05, 0) is 25.3 Å². The van der Waals surface area contributed by atoms with E-state index in [1.807, 2.05) is 0 Å². The molecular weight excluding hydrogens is 245 g/mol. The van der Waals surface area contributed by atoms with Gasteiger partial charge in [-0.15, -0.1) is 0 Å². The number of hydrogen-bond acceptors (Lipinski definition) is 2. The Morgan fingerprint density at radius 3 is 2.33 bits per heavy atom. The summed E-state index contributed by atoms with van der Waals surface area (Å²) >= 11 is 0. The first-order valence-corrected chi connectivity index (χ1v) is 5.70. The fraction of sp³-hybridized carbons (Fsp3) is 0.462. The first-order chi connectivity index (χ1) is 8.47. The van der Waals surface area contributed by atoms with Crippen LogP contribution >= 0.6 is 0 Å². The Morgan fingerprint density at radius 2 is 1.83 bits per heavy atom. The summed E-state index contributed by atoms with van der Waals surface area (Å²) in [5.74, 6) is -4.12. The Labute approximate surface area is 103 Å². The third-order valence-electron chi connectivity index (χ3n) is 3.49. The van der Waals surface area contributed by atoms with Gasteiger partial charge in [0.1, 0.15) is 5.82 Å². The normalized spacial score (nSPS) is 17.3. The molecule has 1 aliphatic carbocycles. The summed E-state index contributed by atoms with van der Waals surface area (Å²) in [7, 11) is 1.49. The smallest absolute Gasteiger partial charge is 0.168 e. The lowest BCUT2D eigenvalue weighted by atomic mass is 9.76. The van der Waals surface area contributed by atoms with E-state index >= 15 is 0 Å². The van der Waals surface area contributed by atoms with E-state index in [9.17, 15) is 18.0 Å². The Hall–Kier alpha value is -1.36. The van der Waals surface area contributed by atoms with Gasteiger partial charge in [-0.3, -0.25) is 4.79 Å². The summed E-state index contributed by atoms with van der Waals surface area (Å²) in [4.78, 5) is 11.9. The largest absolute Gasteiger partial charge is 0.378 e. The highest BCUT2D eigenvalue weighted by Gasteiger charge is 2.39. The molecule has 0 amide bonds. The molecule has 0 aromatic heterocycles. The highest BCUT2D eigenvalue weighted by Crippen LogP contribution is 2.39. The molecule has 2 nitrogen and oxygen atoms in total. The molecule has 1 aliphatic rings. The predicted molar refractivity (Wildman–Crippen MR) is 58.9 cm³/mol. The zero-order valence-electron chi connectivity index (χ0n) is 9.93. The lowest BCUT2D eigenvalue weighted by Gasteiger charge is -2.40. The Kier molecular flexibility index (Phi) is 3.43. The van der Waals surface area contributed by atoms with Gasteiger partial charge in [0.25, 0.3) is 0 Å². The van der Waals surface area contributed by atoms with Gasteiger partial charge in [-0.25, -0.2) is 13.2 Å². The van der Waals surface area contributed by atoms with Gasteiger partial charge in [0.2, 0.25) is 0 Å². The van der Waals surface area contributed by atoms with Gasteiger partial charge in [0.05, 0.1) is 11.2 Å². The summed E-state index contributed by atoms with van der Waals surface area (Å²) in [6.07, 6.45) is 2.38. The third-order valence-corrected chi connectivity index (χ3v) is 3.49. The first-order valence-electron chi connectivity index (χ1n) is 5.70. The standard InChI is InChI=1S/C13H13F3O2/c1-18-13(3-2-4-13)7-12(17)8-5-10(15)11(16)6-9(8)14/h5-6H,2-4,7H2,1H3. The summed E-state index contributed by atoms with van der Waals surface area (Å²) in [5, 5.41) is 0. The van der Waals surface area contributed by atoms with E-state index in [1.54, 1.807) is 0 Å². The van der Waals surface area contributed by atoms with E-state index in [1.165, 1.54) is 7.11 Å². The van der Waals surface area contributed by atoms with Crippen LogP contribution in [0.4, 0.5) is 13.2 Å². The van der Waals surface area contributed by atoms with Crippen molar-refractivity contribution in [3.05, 3.63) is 35.1 Å². The number of halogens is 3. The van der Waals surface area contributed by atoms with E-state index in [0.29, 0.717) is 12.1 Å². The molecule has 1 aromatic carbocycles. The minimum Gasteiger partial charge on any atom is -0.378 e. The van der Waals surface area contributed by atoms with Crippen molar-refractivity contribution in [3.63, 3.8) is 0 Å². The summed E-state index contributed by atoms with van der Waals surface area (Å²) in [6, 6.07) is 0.998. The molecule has 0 N–H and O–H groups in total. The van der Waals surface area contributed by atoms with Crippen molar-refractivity contribution in [2.75, 3.05) is 7.11 Å². The van der Waals surface area contributed by atoms with Crippen LogP contribution in [0.3, 0.4) is 0 Å². The minimum atomic E-state index is -1.30. The van der Waals surface area contributed by atoms with Crippen LogP contribution in [0.25, 0.3) is 0 Å². The number of Topliss-reactive ketones (excluding diaryl/α,β-unsaturated/α-hetero) is 1. The van der Waals surface area contributed by atoms with E-state index in [4.69, 9.17) is 4.74 Å². The number of hydrogen-bond donors (Lipinski definition) is 0. The molecule has 0 saturated heterocycles. The molecule has 0 aliphatic heterocycles. The zero-order chi connectivity index (χ0) is 13.3. The van der Waals surface area contributed by atoms with Crippen molar-refractivity contribution in [2.45, 2.75) is 31.3 Å². The van der Waals surface area contributed by atoms with Gasteiger partial charge in [0, 0.05) is 19.6 Å². The molecule has 0 bridgehead atoms. The maximum absolute atomic E-state index is 13.4. The molecular formula is C13H13F3O2. The van der Waals surface area contributed by atoms with E-state index in [0.717, 1.165) is 19.3 Å². The number of carbonyl (C=O) groups excluding carboxylic acids is 1. The lowest BCUT2D eigenvalue weighted by molar-refractivity contribution is -0.0705. The Bertz CT molecular complexity index is 476. The second-order valence-electron chi connectivity index (χ2n) is 4.59. The fourth-order valence-corrected chi connectivity index (χ4v) is 2.15. The molecule has 1 aromatic rings. The van der Waals surface area contributed by atoms with Crippen molar-refractivity contribution in [3.8, 4) is 0 Å².